The summed E-state index contributed by atoms with van der Waals surface area (Å²) >= 11 is 0. The van der Waals surface area contributed by atoms with Crippen molar-refractivity contribution < 1.29 is 5.48 Å². The van der Waals surface area contributed by atoms with E-state index in [-0.39, 0.29) is 29.9 Å². The van der Waals surface area contributed by atoms with Gasteiger partial charge in [0.2, 0.25) is 0 Å². The van der Waals surface area contributed by atoms with E-state index in [1.165, 1.54) is 27.3 Å². The fourth-order valence-corrected chi connectivity index (χ4v) is 8.80. The van der Waals surface area contributed by atoms with Crippen LogP contribution < -0.4 is 4.90 Å². The largest absolute Gasteiger partial charge is 0.310 e. The Bertz CT molecular complexity index is 3540. The van der Waals surface area contributed by atoms with Crippen LogP contribution in [0.1, 0.15) is 5.48 Å². The molecule has 0 saturated heterocycles. The van der Waals surface area contributed by atoms with E-state index in [2.05, 4.69) is 133 Å². The first-order valence-corrected chi connectivity index (χ1v) is 20.0. The predicted molar refractivity (Wildman–Crippen MR) is 253 cm³/mol. The lowest BCUT2D eigenvalue weighted by atomic mass is 9.84. The zero-order chi connectivity index (χ0) is 42.6. The second kappa shape index (κ2) is 14.6. The fourth-order valence-electron chi connectivity index (χ4n) is 8.80. The van der Waals surface area contributed by atoms with Gasteiger partial charge in [-0.25, -0.2) is 0 Å². The minimum absolute atomic E-state index is 0.0266. The van der Waals surface area contributed by atoms with Crippen LogP contribution in [0, 0.1) is 0 Å². The Morgan fingerprint density at radius 3 is 1.59 bits per heavy atom. The molecule has 1 nitrogen and oxygen atoms in total. The molecule has 0 atom stereocenters. The molecular weight excluding hydrogens is 711 g/mol. The van der Waals surface area contributed by atoms with Crippen molar-refractivity contribution in [3.05, 3.63) is 236 Å². The molecule has 11 rings (SSSR count). The normalized spacial score (nSPS) is 12.3. The topological polar surface area (TPSA) is 3.24 Å². The minimum atomic E-state index is -0.224. The Hall–Kier alpha value is -7.74. The van der Waals surface area contributed by atoms with Crippen molar-refractivity contribution >= 4 is 60.2 Å². The van der Waals surface area contributed by atoms with Crippen LogP contribution in [0.25, 0.3) is 87.6 Å². The lowest BCUT2D eigenvalue weighted by Gasteiger charge is -2.27. The van der Waals surface area contributed by atoms with Crippen molar-refractivity contribution in [2.75, 3.05) is 4.90 Å². The van der Waals surface area contributed by atoms with Gasteiger partial charge in [-0.3, -0.25) is 0 Å². The van der Waals surface area contributed by atoms with Crippen LogP contribution in [-0.2, 0) is 0 Å². The zero-order valence-electron chi connectivity index (χ0n) is 36.2. The van der Waals surface area contributed by atoms with E-state index in [1.807, 2.05) is 83.8 Å². The Kier molecular flexibility index (Phi) is 7.55. The van der Waals surface area contributed by atoms with Gasteiger partial charge in [0.15, 0.2) is 0 Å². The maximum absolute atomic E-state index is 9.89. The molecular formula is C58H39N. The first kappa shape index (κ1) is 30.4. The predicted octanol–water partition coefficient (Wildman–Crippen LogP) is 16.4. The van der Waals surface area contributed by atoms with Gasteiger partial charge in [0.25, 0.3) is 0 Å². The molecule has 0 radical (unpaired) electrons. The molecule has 0 amide bonds. The highest BCUT2D eigenvalue weighted by atomic mass is 15.1. The number of fused-ring (bicyclic) bond motifs is 5. The summed E-state index contributed by atoms with van der Waals surface area (Å²) < 4.78 is 37.7. The Morgan fingerprint density at radius 2 is 0.864 bits per heavy atom. The van der Waals surface area contributed by atoms with Crippen molar-refractivity contribution in [1.82, 2.24) is 0 Å². The molecule has 0 heterocycles. The highest BCUT2D eigenvalue weighted by molar-refractivity contribution is 6.22. The first-order valence-electron chi connectivity index (χ1n) is 22.0. The van der Waals surface area contributed by atoms with Crippen LogP contribution in [0.15, 0.2) is 236 Å². The summed E-state index contributed by atoms with van der Waals surface area (Å²) in [7, 11) is 0. The molecule has 0 aromatic heterocycles. The monoisotopic (exact) mass is 753 g/mol. The number of hydrogen-bond acceptors (Lipinski definition) is 1. The maximum Gasteiger partial charge on any atom is 0.0651 e. The molecule has 0 bridgehead atoms. The number of rotatable bonds is 7. The lowest BCUT2D eigenvalue weighted by molar-refractivity contribution is 1.30. The summed E-state index contributed by atoms with van der Waals surface area (Å²) in [5, 5.41) is 8.58. The van der Waals surface area contributed by atoms with Gasteiger partial charge in [-0.2, -0.15) is 0 Å². The molecule has 1 heteroatoms. The summed E-state index contributed by atoms with van der Waals surface area (Å²) in [6.07, 6.45) is 0. The fraction of sp³-hybridized carbons (Fsp3) is 0. The average Bonchev–Trinajstić information content (AvgIpc) is 3.34. The SMILES string of the molecule is [2H]c1c([2H])c(-c2cccc3ccccc23)c([2H])c(N(c2ccc(-c3ccc4c(c3)c(-c3ccccc3)c(-c3ccccc3)c3ccccc34)cc2)c2cccc3ccccc23)c1[2H]. The standard InChI is InChI=1S/C58H39N/c1-3-18-43(19-4-1)57-54-29-12-11-28-52(54)53-37-34-45(39-55(53)58(57)44-20-5-2-6-21-44)40-32-35-47(36-33-40)59(56-31-15-23-42-17-8-10-27-51(42)56)48-25-13-24-46(38-48)50-30-14-22-41-16-7-9-26-49(41)50/h1-39H/i13D,24D,25D,38D. The van der Waals surface area contributed by atoms with Crippen molar-refractivity contribution in [2.45, 2.75) is 0 Å². The number of hydrogen-bond donors (Lipinski definition) is 0. The number of benzene rings is 11. The van der Waals surface area contributed by atoms with E-state index in [4.69, 9.17) is 0 Å². The van der Waals surface area contributed by atoms with Gasteiger partial charge in [-0.1, -0.05) is 200 Å². The van der Waals surface area contributed by atoms with E-state index < -0.39 is 0 Å². The highest BCUT2D eigenvalue weighted by Gasteiger charge is 2.20. The van der Waals surface area contributed by atoms with Crippen molar-refractivity contribution in [1.29, 1.82) is 0 Å². The Morgan fingerprint density at radius 1 is 0.322 bits per heavy atom. The summed E-state index contributed by atoms with van der Waals surface area (Å²) in [6, 6.07) is 72.5. The molecule has 0 saturated carbocycles. The van der Waals surface area contributed by atoms with Crippen LogP contribution >= 0.6 is 0 Å². The lowest BCUT2D eigenvalue weighted by Crippen LogP contribution is -2.10. The third kappa shape index (κ3) is 6.12. The van der Waals surface area contributed by atoms with Crippen molar-refractivity contribution in [3.63, 3.8) is 0 Å². The van der Waals surface area contributed by atoms with Crippen LogP contribution in [0.3, 0.4) is 0 Å². The Labute approximate surface area is 350 Å². The average molecular weight is 754 g/mol. The van der Waals surface area contributed by atoms with Crippen LogP contribution in [0.2, 0.25) is 0 Å². The molecule has 276 valence electrons. The highest BCUT2D eigenvalue weighted by Crippen LogP contribution is 2.46. The summed E-state index contributed by atoms with van der Waals surface area (Å²) in [5.41, 5.74) is 9.58. The molecule has 0 N–H and O–H groups in total. The van der Waals surface area contributed by atoms with Crippen molar-refractivity contribution in [3.8, 4) is 44.5 Å². The van der Waals surface area contributed by atoms with E-state index in [9.17, 15) is 5.48 Å². The van der Waals surface area contributed by atoms with Gasteiger partial charge >= 0.3 is 0 Å². The number of nitrogens with zero attached hydrogens (tertiary/aromatic N) is 1. The van der Waals surface area contributed by atoms with Crippen molar-refractivity contribution in [2.24, 2.45) is 0 Å². The van der Waals surface area contributed by atoms with E-state index in [0.29, 0.717) is 11.1 Å². The first-order chi connectivity index (χ1) is 31.0. The van der Waals surface area contributed by atoms with Crippen LogP contribution in [0.4, 0.5) is 17.1 Å². The molecule has 0 aliphatic heterocycles. The zero-order valence-corrected chi connectivity index (χ0v) is 32.2. The third-order valence-corrected chi connectivity index (χ3v) is 11.5. The molecule has 11 aromatic rings. The Balaban J connectivity index is 1.12. The summed E-state index contributed by atoms with van der Waals surface area (Å²) in [4.78, 5) is 1.94. The summed E-state index contributed by atoms with van der Waals surface area (Å²) in [6.45, 7) is 0. The van der Waals surface area contributed by atoms with Gasteiger partial charge in [0, 0.05) is 16.8 Å². The van der Waals surface area contributed by atoms with Gasteiger partial charge in [0.05, 0.1) is 11.2 Å². The van der Waals surface area contributed by atoms with E-state index in [0.717, 1.165) is 60.6 Å². The van der Waals surface area contributed by atoms with Gasteiger partial charge in [0.1, 0.15) is 0 Å². The maximum atomic E-state index is 9.89. The second-order valence-corrected chi connectivity index (χ2v) is 14.9. The van der Waals surface area contributed by atoms with E-state index in [1.54, 1.807) is 0 Å². The quantitative estimate of drug-likeness (QED) is 0.147. The second-order valence-electron chi connectivity index (χ2n) is 14.9. The molecule has 11 aromatic carbocycles. The molecule has 0 fully saturated rings. The molecule has 59 heavy (non-hydrogen) atoms. The molecule has 0 unspecified atom stereocenters. The third-order valence-electron chi connectivity index (χ3n) is 11.5. The van der Waals surface area contributed by atoms with Gasteiger partial charge < -0.3 is 4.90 Å². The molecule has 0 aliphatic rings. The number of anilines is 3. The molecule has 0 spiro atoms. The van der Waals surface area contributed by atoms with E-state index >= 15 is 0 Å². The molecule has 0 aliphatic carbocycles. The smallest absolute Gasteiger partial charge is 0.0651 e. The summed E-state index contributed by atoms with van der Waals surface area (Å²) in [5.74, 6) is 0. The van der Waals surface area contributed by atoms with Gasteiger partial charge in [-0.05, 0) is 119 Å². The van der Waals surface area contributed by atoms with Crippen LogP contribution in [0.5, 0.6) is 0 Å². The minimum Gasteiger partial charge on any atom is -0.310 e. The van der Waals surface area contributed by atoms with Crippen LogP contribution in [-0.4, -0.2) is 0 Å². The van der Waals surface area contributed by atoms with Gasteiger partial charge in [-0.15, -0.1) is 0 Å².